The third kappa shape index (κ3) is 3.79. The van der Waals surface area contributed by atoms with E-state index in [9.17, 15) is 0 Å². The average Bonchev–Trinajstić information content (AvgIpc) is 2.54. The molecule has 3 aliphatic heterocycles. The molecule has 3 unspecified atom stereocenters. The molecule has 0 aliphatic carbocycles. The quantitative estimate of drug-likeness (QED) is 0.865. The molecule has 3 aliphatic rings. The Hall–Kier alpha value is -0.160. The summed E-state index contributed by atoms with van der Waals surface area (Å²) >= 11 is 0. The van der Waals surface area contributed by atoms with E-state index in [1.54, 1.807) is 0 Å². The fourth-order valence-corrected chi connectivity index (χ4v) is 4.47. The minimum absolute atomic E-state index is 0.102. The van der Waals surface area contributed by atoms with Gasteiger partial charge in [-0.3, -0.25) is 0 Å². The monoisotopic (exact) mass is 297 g/mol. The standard InChI is InChI=1S/C17H31NO3/c1-2-18-16(15-4-3-8-20-13-15)14-5-9-21-17(12-14)6-10-19-11-7-17/h14-16,18H,2-13H2,1H3. The van der Waals surface area contributed by atoms with Gasteiger partial charge < -0.3 is 19.5 Å². The predicted octanol–water partition coefficient (Wildman–Crippen LogP) is 2.37. The van der Waals surface area contributed by atoms with Gasteiger partial charge in [-0.2, -0.15) is 0 Å². The van der Waals surface area contributed by atoms with Crippen LogP contribution >= 0.6 is 0 Å². The van der Waals surface area contributed by atoms with Gasteiger partial charge in [0, 0.05) is 32.5 Å². The summed E-state index contributed by atoms with van der Waals surface area (Å²) in [7, 11) is 0. The van der Waals surface area contributed by atoms with E-state index in [4.69, 9.17) is 14.2 Å². The molecule has 1 N–H and O–H groups in total. The average molecular weight is 297 g/mol. The first kappa shape index (κ1) is 15.7. The van der Waals surface area contributed by atoms with Gasteiger partial charge in [-0.05, 0) is 56.9 Å². The maximum absolute atomic E-state index is 6.21. The zero-order valence-electron chi connectivity index (χ0n) is 13.4. The molecule has 3 saturated heterocycles. The molecule has 21 heavy (non-hydrogen) atoms. The highest BCUT2D eigenvalue weighted by Gasteiger charge is 2.42. The van der Waals surface area contributed by atoms with Crippen molar-refractivity contribution in [2.24, 2.45) is 11.8 Å². The van der Waals surface area contributed by atoms with Crippen LogP contribution in [0.4, 0.5) is 0 Å². The third-order valence-electron chi connectivity index (χ3n) is 5.59. The van der Waals surface area contributed by atoms with E-state index in [1.807, 2.05) is 0 Å². The van der Waals surface area contributed by atoms with Gasteiger partial charge in [-0.15, -0.1) is 0 Å². The Kier molecular flexibility index (Phi) is 5.54. The summed E-state index contributed by atoms with van der Waals surface area (Å²) < 4.78 is 17.5. The number of rotatable bonds is 4. The van der Waals surface area contributed by atoms with E-state index in [0.29, 0.717) is 12.0 Å². The number of ether oxygens (including phenoxy) is 3. The van der Waals surface area contributed by atoms with Crippen LogP contribution in [0, 0.1) is 11.8 Å². The third-order valence-corrected chi connectivity index (χ3v) is 5.59. The van der Waals surface area contributed by atoms with Crippen molar-refractivity contribution in [2.75, 3.05) is 39.6 Å². The molecule has 0 radical (unpaired) electrons. The van der Waals surface area contributed by atoms with Crippen molar-refractivity contribution in [3.8, 4) is 0 Å². The van der Waals surface area contributed by atoms with E-state index >= 15 is 0 Å². The molecule has 0 aromatic carbocycles. The van der Waals surface area contributed by atoms with Gasteiger partial charge >= 0.3 is 0 Å². The summed E-state index contributed by atoms with van der Waals surface area (Å²) in [5.74, 6) is 1.40. The van der Waals surface area contributed by atoms with Gasteiger partial charge in [-0.1, -0.05) is 6.92 Å². The first-order chi connectivity index (χ1) is 10.3. The van der Waals surface area contributed by atoms with Crippen molar-refractivity contribution in [1.29, 1.82) is 0 Å². The maximum Gasteiger partial charge on any atom is 0.0729 e. The Bertz CT molecular complexity index is 306. The zero-order chi connectivity index (χ0) is 14.5. The molecule has 0 bridgehead atoms. The van der Waals surface area contributed by atoms with E-state index in [0.717, 1.165) is 58.3 Å². The summed E-state index contributed by atoms with van der Waals surface area (Å²) in [5.41, 5.74) is 0.102. The van der Waals surface area contributed by atoms with Gasteiger partial charge in [0.1, 0.15) is 0 Å². The molecule has 0 saturated carbocycles. The van der Waals surface area contributed by atoms with Gasteiger partial charge in [0.15, 0.2) is 0 Å². The van der Waals surface area contributed by atoms with Crippen molar-refractivity contribution in [3.05, 3.63) is 0 Å². The number of hydrogen-bond donors (Lipinski definition) is 1. The molecule has 0 aromatic heterocycles. The van der Waals surface area contributed by atoms with Crippen molar-refractivity contribution in [3.63, 3.8) is 0 Å². The molecular weight excluding hydrogens is 266 g/mol. The van der Waals surface area contributed by atoms with E-state index < -0.39 is 0 Å². The normalized spacial score (nSPS) is 34.7. The summed E-state index contributed by atoms with van der Waals surface area (Å²) in [4.78, 5) is 0. The van der Waals surface area contributed by atoms with Gasteiger partial charge in [0.25, 0.3) is 0 Å². The summed E-state index contributed by atoms with van der Waals surface area (Å²) in [6.07, 6.45) is 7.06. The van der Waals surface area contributed by atoms with Gasteiger partial charge in [-0.25, -0.2) is 0 Å². The Balaban J connectivity index is 1.66. The van der Waals surface area contributed by atoms with Crippen molar-refractivity contribution >= 4 is 0 Å². The molecule has 3 heterocycles. The second-order valence-corrected chi connectivity index (χ2v) is 6.96. The summed E-state index contributed by atoms with van der Waals surface area (Å²) in [5, 5.41) is 3.78. The van der Waals surface area contributed by atoms with Crippen LogP contribution in [0.25, 0.3) is 0 Å². The van der Waals surface area contributed by atoms with Crippen molar-refractivity contribution in [1.82, 2.24) is 5.32 Å². The highest BCUT2D eigenvalue weighted by atomic mass is 16.5. The van der Waals surface area contributed by atoms with Crippen LogP contribution in [0.15, 0.2) is 0 Å². The second kappa shape index (κ2) is 7.40. The molecule has 122 valence electrons. The largest absolute Gasteiger partial charge is 0.381 e. The highest BCUT2D eigenvalue weighted by Crippen LogP contribution is 2.40. The second-order valence-electron chi connectivity index (χ2n) is 6.96. The SMILES string of the molecule is CCNC(C1CCCOC1)C1CCOC2(CCOCC2)C1. The minimum atomic E-state index is 0.102. The van der Waals surface area contributed by atoms with Crippen LogP contribution in [-0.2, 0) is 14.2 Å². The van der Waals surface area contributed by atoms with Gasteiger partial charge in [0.05, 0.1) is 12.2 Å². The number of nitrogens with one attached hydrogen (secondary N) is 1. The zero-order valence-corrected chi connectivity index (χ0v) is 13.4. The van der Waals surface area contributed by atoms with Gasteiger partial charge in [0.2, 0.25) is 0 Å². The lowest BCUT2D eigenvalue weighted by atomic mass is 9.73. The molecule has 3 atom stereocenters. The van der Waals surface area contributed by atoms with Crippen molar-refractivity contribution < 1.29 is 14.2 Å². The Morgan fingerprint density at radius 3 is 2.62 bits per heavy atom. The minimum Gasteiger partial charge on any atom is -0.381 e. The highest BCUT2D eigenvalue weighted by molar-refractivity contribution is 4.94. The lowest BCUT2D eigenvalue weighted by Gasteiger charge is -2.47. The molecule has 4 nitrogen and oxygen atoms in total. The summed E-state index contributed by atoms with van der Waals surface area (Å²) in [6, 6.07) is 0.596. The molecule has 3 fully saturated rings. The molecule has 3 rings (SSSR count). The Morgan fingerprint density at radius 1 is 1.05 bits per heavy atom. The first-order valence-electron chi connectivity index (χ1n) is 8.86. The molecule has 0 aromatic rings. The van der Waals surface area contributed by atoms with Crippen molar-refractivity contribution in [2.45, 2.75) is 57.1 Å². The predicted molar refractivity (Wildman–Crippen MR) is 82.5 cm³/mol. The molecule has 4 heteroatoms. The van der Waals surface area contributed by atoms with E-state index in [-0.39, 0.29) is 5.60 Å². The van der Waals surface area contributed by atoms with Crippen LogP contribution in [0.2, 0.25) is 0 Å². The van der Waals surface area contributed by atoms with Crippen LogP contribution < -0.4 is 5.32 Å². The smallest absolute Gasteiger partial charge is 0.0729 e. The first-order valence-corrected chi connectivity index (χ1v) is 8.86. The Morgan fingerprint density at radius 2 is 1.90 bits per heavy atom. The lowest BCUT2D eigenvalue weighted by molar-refractivity contribution is -0.153. The molecule has 0 amide bonds. The maximum atomic E-state index is 6.21. The fraction of sp³-hybridized carbons (Fsp3) is 1.00. The molecular formula is C17H31NO3. The Labute approximate surface area is 128 Å². The van der Waals surface area contributed by atoms with E-state index in [2.05, 4.69) is 12.2 Å². The molecule has 1 spiro atoms. The topological polar surface area (TPSA) is 39.7 Å². The number of hydrogen-bond acceptors (Lipinski definition) is 4. The van der Waals surface area contributed by atoms with Crippen LogP contribution in [0.3, 0.4) is 0 Å². The van der Waals surface area contributed by atoms with Crippen LogP contribution in [0.1, 0.15) is 45.4 Å². The van der Waals surface area contributed by atoms with E-state index in [1.165, 1.54) is 25.7 Å². The summed E-state index contributed by atoms with van der Waals surface area (Å²) in [6.45, 7) is 7.81. The van der Waals surface area contributed by atoms with Crippen LogP contribution in [-0.4, -0.2) is 51.2 Å². The van der Waals surface area contributed by atoms with Crippen LogP contribution in [0.5, 0.6) is 0 Å². The lowest BCUT2D eigenvalue weighted by Crippen LogP contribution is -2.52. The fourth-order valence-electron chi connectivity index (χ4n) is 4.47.